The molecule has 110 valence electrons. The lowest BCUT2D eigenvalue weighted by atomic mass is 9.81. The van der Waals surface area contributed by atoms with Gasteiger partial charge in [0.15, 0.2) is 0 Å². The van der Waals surface area contributed by atoms with Gasteiger partial charge < -0.3 is 9.47 Å². The molecular formula is C16H22O3S. The maximum Gasteiger partial charge on any atom is 0.302 e. The monoisotopic (exact) mass is 294 g/mol. The normalized spacial score (nSPS) is 22.3. The first-order chi connectivity index (χ1) is 9.70. The molecule has 1 saturated carbocycles. The van der Waals surface area contributed by atoms with Gasteiger partial charge in [0.1, 0.15) is 17.8 Å². The summed E-state index contributed by atoms with van der Waals surface area (Å²) in [7, 11) is 0. The van der Waals surface area contributed by atoms with Gasteiger partial charge >= 0.3 is 5.97 Å². The molecule has 0 aromatic heterocycles. The lowest BCUT2D eigenvalue weighted by Crippen LogP contribution is -2.27. The minimum atomic E-state index is -0.179. The first kappa shape index (κ1) is 15.2. The summed E-state index contributed by atoms with van der Waals surface area (Å²) in [6, 6.07) is 8.21. The highest BCUT2D eigenvalue weighted by Crippen LogP contribution is 2.35. The summed E-state index contributed by atoms with van der Waals surface area (Å²) in [5, 5.41) is 0. The largest absolute Gasteiger partial charge is 0.483 e. The van der Waals surface area contributed by atoms with E-state index in [1.165, 1.54) is 18.9 Å². The molecular weight excluding hydrogens is 272 g/mol. The van der Waals surface area contributed by atoms with Gasteiger partial charge in [-0.3, -0.25) is 4.79 Å². The fourth-order valence-electron chi connectivity index (χ4n) is 2.77. The Morgan fingerprint density at radius 1 is 1.25 bits per heavy atom. The maximum absolute atomic E-state index is 11.2. The second-order valence-corrected chi connectivity index (χ2v) is 5.97. The van der Waals surface area contributed by atoms with Crippen LogP contribution in [0.1, 0.15) is 44.1 Å². The van der Waals surface area contributed by atoms with Gasteiger partial charge in [-0.2, -0.15) is 0 Å². The summed E-state index contributed by atoms with van der Waals surface area (Å²) in [6.45, 7) is 1.49. The Morgan fingerprint density at radius 2 is 1.95 bits per heavy atom. The predicted molar refractivity (Wildman–Crippen MR) is 82.2 cm³/mol. The Morgan fingerprint density at radius 3 is 2.60 bits per heavy atom. The second-order valence-electron chi connectivity index (χ2n) is 5.16. The van der Waals surface area contributed by atoms with Crippen molar-refractivity contribution in [3.8, 4) is 5.75 Å². The van der Waals surface area contributed by atoms with Crippen LogP contribution < -0.4 is 4.74 Å². The zero-order chi connectivity index (χ0) is 14.4. The first-order valence-corrected chi connectivity index (χ1v) is 8.49. The standard InChI is InChI=1S/C16H22O3S/c1-12(17)19-16-6-4-3-5-15(16)13-7-9-14(10-8-13)18-11-20-2/h7-10,15-16H,3-6,11H2,1-2H3/t15-,16+/m1/s1. The summed E-state index contributed by atoms with van der Waals surface area (Å²) >= 11 is 1.66. The minimum Gasteiger partial charge on any atom is -0.483 e. The molecule has 0 saturated heterocycles. The quantitative estimate of drug-likeness (QED) is 0.608. The topological polar surface area (TPSA) is 35.5 Å². The van der Waals surface area contributed by atoms with Crippen molar-refractivity contribution >= 4 is 17.7 Å². The molecule has 0 aliphatic heterocycles. The molecule has 0 heterocycles. The molecule has 1 aliphatic rings. The number of esters is 1. The number of ether oxygens (including phenoxy) is 2. The highest BCUT2D eigenvalue weighted by molar-refractivity contribution is 7.98. The summed E-state index contributed by atoms with van der Waals surface area (Å²) < 4.78 is 11.0. The molecule has 0 spiro atoms. The lowest BCUT2D eigenvalue weighted by Gasteiger charge is -2.31. The molecule has 1 aromatic carbocycles. The van der Waals surface area contributed by atoms with Crippen LogP contribution in [0.15, 0.2) is 24.3 Å². The number of hydrogen-bond acceptors (Lipinski definition) is 4. The summed E-state index contributed by atoms with van der Waals surface area (Å²) in [5.41, 5.74) is 1.24. The Balaban J connectivity index is 2.05. The van der Waals surface area contributed by atoms with Crippen LogP contribution in [0.5, 0.6) is 5.75 Å². The Bertz CT molecular complexity index is 430. The third kappa shape index (κ3) is 4.17. The highest BCUT2D eigenvalue weighted by atomic mass is 32.2. The Labute approximate surface area is 125 Å². The van der Waals surface area contributed by atoms with Crippen LogP contribution in [0.2, 0.25) is 0 Å². The van der Waals surface area contributed by atoms with Gasteiger partial charge in [-0.05, 0) is 43.2 Å². The molecule has 1 aliphatic carbocycles. The predicted octanol–water partition coefficient (Wildman–Crippen LogP) is 3.98. The molecule has 2 rings (SSSR count). The number of benzene rings is 1. The highest BCUT2D eigenvalue weighted by Gasteiger charge is 2.28. The average molecular weight is 294 g/mol. The van der Waals surface area contributed by atoms with Crippen molar-refractivity contribution in [3.63, 3.8) is 0 Å². The van der Waals surface area contributed by atoms with Crippen LogP contribution in [-0.2, 0) is 9.53 Å². The van der Waals surface area contributed by atoms with Gasteiger partial charge in [0, 0.05) is 12.8 Å². The number of thioether (sulfide) groups is 1. The number of carbonyl (C=O) groups excluding carboxylic acids is 1. The van der Waals surface area contributed by atoms with Crippen molar-refractivity contribution in [2.24, 2.45) is 0 Å². The van der Waals surface area contributed by atoms with Crippen LogP contribution in [0, 0.1) is 0 Å². The van der Waals surface area contributed by atoms with Crippen LogP contribution in [0.4, 0.5) is 0 Å². The zero-order valence-electron chi connectivity index (χ0n) is 12.1. The van der Waals surface area contributed by atoms with E-state index in [1.807, 2.05) is 18.4 Å². The van der Waals surface area contributed by atoms with Gasteiger partial charge in [-0.25, -0.2) is 0 Å². The second kappa shape index (κ2) is 7.58. The van der Waals surface area contributed by atoms with E-state index in [1.54, 1.807) is 11.8 Å². The van der Waals surface area contributed by atoms with E-state index in [-0.39, 0.29) is 12.1 Å². The molecule has 1 fully saturated rings. The third-order valence-electron chi connectivity index (χ3n) is 3.67. The molecule has 0 N–H and O–H groups in total. The van der Waals surface area contributed by atoms with E-state index < -0.39 is 0 Å². The van der Waals surface area contributed by atoms with Crippen molar-refractivity contribution in [2.45, 2.75) is 44.6 Å². The Hall–Kier alpha value is -1.16. The van der Waals surface area contributed by atoms with E-state index >= 15 is 0 Å². The molecule has 2 atom stereocenters. The van der Waals surface area contributed by atoms with Gasteiger partial charge in [0.2, 0.25) is 0 Å². The van der Waals surface area contributed by atoms with Crippen molar-refractivity contribution in [3.05, 3.63) is 29.8 Å². The van der Waals surface area contributed by atoms with Crippen molar-refractivity contribution < 1.29 is 14.3 Å². The lowest BCUT2D eigenvalue weighted by molar-refractivity contribution is -0.148. The molecule has 0 unspecified atom stereocenters. The smallest absolute Gasteiger partial charge is 0.302 e. The van der Waals surface area contributed by atoms with Crippen LogP contribution >= 0.6 is 11.8 Å². The SMILES string of the molecule is CSCOc1ccc([C@H]2CCCC[C@@H]2OC(C)=O)cc1. The summed E-state index contributed by atoms with van der Waals surface area (Å²) in [6.07, 6.45) is 6.44. The number of carbonyl (C=O) groups is 1. The summed E-state index contributed by atoms with van der Waals surface area (Å²) in [5.74, 6) is 1.70. The van der Waals surface area contributed by atoms with E-state index in [9.17, 15) is 4.79 Å². The molecule has 3 nitrogen and oxygen atoms in total. The van der Waals surface area contributed by atoms with Gasteiger partial charge in [0.25, 0.3) is 0 Å². The third-order valence-corrected chi connectivity index (χ3v) is 4.03. The molecule has 1 aromatic rings. The van der Waals surface area contributed by atoms with Crippen LogP contribution in [0.3, 0.4) is 0 Å². The van der Waals surface area contributed by atoms with Crippen molar-refractivity contribution in [2.75, 3.05) is 12.2 Å². The van der Waals surface area contributed by atoms with E-state index in [2.05, 4.69) is 12.1 Å². The van der Waals surface area contributed by atoms with Crippen molar-refractivity contribution in [1.82, 2.24) is 0 Å². The van der Waals surface area contributed by atoms with Crippen LogP contribution in [-0.4, -0.2) is 24.3 Å². The minimum absolute atomic E-state index is 0.0271. The zero-order valence-corrected chi connectivity index (χ0v) is 12.9. The molecule has 0 radical (unpaired) electrons. The van der Waals surface area contributed by atoms with Gasteiger partial charge in [-0.15, -0.1) is 11.8 Å². The molecule has 0 bridgehead atoms. The Kier molecular flexibility index (Phi) is 5.77. The van der Waals surface area contributed by atoms with E-state index in [0.29, 0.717) is 11.9 Å². The fraction of sp³-hybridized carbons (Fsp3) is 0.562. The molecule has 0 amide bonds. The first-order valence-electron chi connectivity index (χ1n) is 7.09. The van der Waals surface area contributed by atoms with E-state index in [0.717, 1.165) is 25.0 Å². The van der Waals surface area contributed by atoms with Gasteiger partial charge in [0.05, 0.1) is 0 Å². The fourth-order valence-corrected chi connectivity index (χ4v) is 3.02. The number of rotatable bonds is 5. The van der Waals surface area contributed by atoms with Crippen LogP contribution in [0.25, 0.3) is 0 Å². The molecule has 20 heavy (non-hydrogen) atoms. The molecule has 4 heteroatoms. The number of hydrogen-bond donors (Lipinski definition) is 0. The van der Waals surface area contributed by atoms with Gasteiger partial charge in [-0.1, -0.05) is 18.6 Å². The summed E-state index contributed by atoms with van der Waals surface area (Å²) in [4.78, 5) is 11.2. The maximum atomic E-state index is 11.2. The van der Waals surface area contributed by atoms with Crippen molar-refractivity contribution in [1.29, 1.82) is 0 Å². The average Bonchev–Trinajstić information content (AvgIpc) is 2.46. The van der Waals surface area contributed by atoms with E-state index in [4.69, 9.17) is 9.47 Å².